The van der Waals surface area contributed by atoms with Crippen LogP contribution in [-0.2, 0) is 0 Å². The summed E-state index contributed by atoms with van der Waals surface area (Å²) < 4.78 is 80.0. The molecule has 3 aromatic rings. The standard InChI is InChI=1S/C26H22F6/c1-3-4-16(2)19-9-10-21(23(27)13-19)18-7-5-17(6-8-18)20-14-24(28)22(25(29)15-20)11-12-26(30,31)32/h5-16H,3-4H2,1-2H3/b12-11+. The maximum absolute atomic E-state index is 14.7. The Kier molecular flexibility index (Phi) is 7.12. The summed E-state index contributed by atoms with van der Waals surface area (Å²) >= 11 is 0. The average Bonchev–Trinajstić information content (AvgIpc) is 2.72. The molecule has 0 aliphatic carbocycles. The second kappa shape index (κ2) is 9.63. The number of halogens is 6. The van der Waals surface area contributed by atoms with E-state index in [9.17, 15) is 26.3 Å². The van der Waals surface area contributed by atoms with E-state index in [4.69, 9.17) is 0 Å². The van der Waals surface area contributed by atoms with Crippen molar-refractivity contribution in [2.75, 3.05) is 0 Å². The van der Waals surface area contributed by atoms with Crippen molar-refractivity contribution in [1.82, 2.24) is 0 Å². The van der Waals surface area contributed by atoms with Crippen molar-refractivity contribution >= 4 is 6.08 Å². The van der Waals surface area contributed by atoms with E-state index in [-0.39, 0.29) is 23.4 Å². The Labute approximate surface area is 183 Å². The van der Waals surface area contributed by atoms with Gasteiger partial charge >= 0.3 is 6.18 Å². The van der Waals surface area contributed by atoms with E-state index in [0.29, 0.717) is 22.8 Å². The fourth-order valence-electron chi connectivity index (χ4n) is 3.60. The number of allylic oxidation sites excluding steroid dienone is 1. The van der Waals surface area contributed by atoms with Crippen molar-refractivity contribution in [3.63, 3.8) is 0 Å². The van der Waals surface area contributed by atoms with E-state index < -0.39 is 23.4 Å². The molecule has 1 unspecified atom stereocenters. The number of benzene rings is 3. The molecule has 168 valence electrons. The molecular weight excluding hydrogens is 426 g/mol. The summed E-state index contributed by atoms with van der Waals surface area (Å²) in [5.74, 6) is -2.31. The molecule has 1 atom stereocenters. The lowest BCUT2D eigenvalue weighted by molar-refractivity contribution is -0.0790. The van der Waals surface area contributed by atoms with Crippen LogP contribution < -0.4 is 0 Å². The van der Waals surface area contributed by atoms with Crippen molar-refractivity contribution in [2.24, 2.45) is 0 Å². The number of rotatable bonds is 6. The third kappa shape index (κ3) is 5.61. The molecule has 0 heterocycles. The monoisotopic (exact) mass is 448 g/mol. The van der Waals surface area contributed by atoms with Gasteiger partial charge in [-0.2, -0.15) is 13.2 Å². The van der Waals surface area contributed by atoms with Gasteiger partial charge < -0.3 is 0 Å². The van der Waals surface area contributed by atoms with Crippen LogP contribution in [0, 0.1) is 17.5 Å². The molecular formula is C26H22F6. The summed E-state index contributed by atoms with van der Waals surface area (Å²) in [6.07, 6.45) is -2.55. The van der Waals surface area contributed by atoms with E-state index in [1.54, 1.807) is 30.3 Å². The fourth-order valence-corrected chi connectivity index (χ4v) is 3.60. The van der Waals surface area contributed by atoms with E-state index in [2.05, 4.69) is 13.8 Å². The molecule has 0 N–H and O–H groups in total. The van der Waals surface area contributed by atoms with Crippen LogP contribution in [0.1, 0.15) is 43.7 Å². The molecule has 6 heteroatoms. The van der Waals surface area contributed by atoms with Gasteiger partial charge in [-0.25, -0.2) is 13.2 Å². The lowest BCUT2D eigenvalue weighted by Gasteiger charge is -2.13. The molecule has 32 heavy (non-hydrogen) atoms. The molecule has 0 aromatic heterocycles. The van der Waals surface area contributed by atoms with Gasteiger partial charge in [0.15, 0.2) is 0 Å². The van der Waals surface area contributed by atoms with Crippen LogP contribution in [0.25, 0.3) is 28.3 Å². The Balaban J connectivity index is 1.87. The smallest absolute Gasteiger partial charge is 0.206 e. The van der Waals surface area contributed by atoms with E-state index in [1.807, 2.05) is 6.07 Å². The molecule has 3 aromatic carbocycles. The molecule has 0 saturated carbocycles. The lowest BCUT2D eigenvalue weighted by atomic mass is 9.93. The van der Waals surface area contributed by atoms with Crippen molar-refractivity contribution in [3.8, 4) is 22.3 Å². The minimum absolute atomic E-state index is 0.167. The summed E-state index contributed by atoms with van der Waals surface area (Å²) in [6, 6.07) is 13.5. The number of hydrogen-bond donors (Lipinski definition) is 0. The topological polar surface area (TPSA) is 0 Å². The molecule has 0 saturated heterocycles. The minimum Gasteiger partial charge on any atom is -0.206 e. The molecule has 0 aliphatic heterocycles. The molecule has 0 aliphatic rings. The first-order chi connectivity index (χ1) is 15.1. The maximum atomic E-state index is 14.7. The van der Waals surface area contributed by atoms with Crippen molar-refractivity contribution in [1.29, 1.82) is 0 Å². The summed E-state index contributed by atoms with van der Waals surface area (Å²) in [7, 11) is 0. The molecule has 0 radical (unpaired) electrons. The van der Waals surface area contributed by atoms with Crippen LogP contribution in [0.4, 0.5) is 26.3 Å². The molecule has 0 bridgehead atoms. The Hall–Kier alpha value is -3.02. The average molecular weight is 448 g/mol. The van der Waals surface area contributed by atoms with Crippen molar-refractivity contribution in [3.05, 3.63) is 89.3 Å². The van der Waals surface area contributed by atoms with Gasteiger partial charge in [0.25, 0.3) is 0 Å². The molecule has 0 spiro atoms. The Morgan fingerprint density at radius 3 is 1.91 bits per heavy atom. The molecule has 3 rings (SSSR count). The third-order valence-electron chi connectivity index (χ3n) is 5.33. The van der Waals surface area contributed by atoms with E-state index >= 15 is 0 Å². The molecule has 0 amide bonds. The van der Waals surface area contributed by atoms with E-state index in [0.717, 1.165) is 30.5 Å². The zero-order valence-electron chi connectivity index (χ0n) is 17.6. The lowest BCUT2D eigenvalue weighted by Crippen LogP contribution is -2.01. The van der Waals surface area contributed by atoms with Gasteiger partial charge in [-0.15, -0.1) is 0 Å². The van der Waals surface area contributed by atoms with Gasteiger partial charge in [0.1, 0.15) is 17.5 Å². The van der Waals surface area contributed by atoms with Gasteiger partial charge in [-0.05, 0) is 58.9 Å². The SMILES string of the molecule is CCCC(C)c1ccc(-c2ccc(-c3cc(F)c(/C=C/C(F)(F)F)c(F)c3)cc2)c(F)c1. The largest absolute Gasteiger partial charge is 0.409 e. The quantitative estimate of drug-likeness (QED) is 0.330. The molecule has 0 nitrogen and oxygen atoms in total. The molecule has 0 fully saturated rings. The number of hydrogen-bond acceptors (Lipinski definition) is 0. The summed E-state index contributed by atoms with van der Waals surface area (Å²) in [5, 5.41) is 0. The first kappa shape index (κ1) is 23.6. The summed E-state index contributed by atoms with van der Waals surface area (Å²) in [4.78, 5) is 0. The highest BCUT2D eigenvalue weighted by atomic mass is 19.4. The normalized spacial score (nSPS) is 13.0. The van der Waals surface area contributed by atoms with Gasteiger partial charge in [0.2, 0.25) is 0 Å². The van der Waals surface area contributed by atoms with Gasteiger partial charge in [-0.3, -0.25) is 0 Å². The van der Waals surface area contributed by atoms with Crippen LogP contribution in [0.15, 0.2) is 60.7 Å². The first-order valence-corrected chi connectivity index (χ1v) is 10.2. The number of alkyl halides is 3. The van der Waals surface area contributed by atoms with Crippen LogP contribution in [0.2, 0.25) is 0 Å². The highest BCUT2D eigenvalue weighted by molar-refractivity contribution is 5.72. The zero-order chi connectivity index (χ0) is 23.5. The van der Waals surface area contributed by atoms with Crippen LogP contribution >= 0.6 is 0 Å². The Morgan fingerprint density at radius 2 is 1.38 bits per heavy atom. The van der Waals surface area contributed by atoms with Crippen LogP contribution in [-0.4, -0.2) is 6.18 Å². The highest BCUT2D eigenvalue weighted by Gasteiger charge is 2.23. The van der Waals surface area contributed by atoms with Crippen molar-refractivity contribution < 1.29 is 26.3 Å². The van der Waals surface area contributed by atoms with Crippen LogP contribution in [0.3, 0.4) is 0 Å². The summed E-state index contributed by atoms with van der Waals surface area (Å²) in [6.45, 7) is 4.13. The zero-order valence-corrected chi connectivity index (χ0v) is 17.6. The highest BCUT2D eigenvalue weighted by Crippen LogP contribution is 2.31. The Morgan fingerprint density at radius 1 is 0.781 bits per heavy atom. The summed E-state index contributed by atoms with van der Waals surface area (Å²) in [5.41, 5.74) is 1.80. The van der Waals surface area contributed by atoms with Crippen molar-refractivity contribution in [2.45, 2.75) is 38.8 Å². The predicted octanol–water partition coefficient (Wildman–Crippen LogP) is 8.92. The first-order valence-electron chi connectivity index (χ1n) is 10.2. The minimum atomic E-state index is -4.67. The Bertz CT molecular complexity index is 1090. The van der Waals surface area contributed by atoms with Crippen LogP contribution in [0.5, 0.6) is 0 Å². The maximum Gasteiger partial charge on any atom is 0.409 e. The third-order valence-corrected chi connectivity index (χ3v) is 5.33. The second-order valence-corrected chi connectivity index (χ2v) is 7.73. The van der Waals surface area contributed by atoms with Gasteiger partial charge in [0, 0.05) is 17.2 Å². The van der Waals surface area contributed by atoms with Gasteiger partial charge in [0.05, 0.1) is 0 Å². The predicted molar refractivity (Wildman–Crippen MR) is 116 cm³/mol. The second-order valence-electron chi connectivity index (χ2n) is 7.73. The van der Waals surface area contributed by atoms with Gasteiger partial charge in [-0.1, -0.05) is 56.7 Å². The fraction of sp³-hybridized carbons (Fsp3) is 0.231. The van der Waals surface area contributed by atoms with E-state index in [1.165, 1.54) is 6.07 Å².